The highest BCUT2D eigenvalue weighted by molar-refractivity contribution is 6.73. The molecular formula is C17H34O2Si. The van der Waals surface area contributed by atoms with Gasteiger partial charge in [0, 0.05) is 6.42 Å². The van der Waals surface area contributed by atoms with Crippen LogP contribution in [-0.4, -0.2) is 20.2 Å². The van der Waals surface area contributed by atoms with Crippen molar-refractivity contribution in [1.82, 2.24) is 0 Å². The smallest absolute Gasteiger partial charge is 0.193 e. The molecule has 0 amide bonds. The average molecular weight is 299 g/mol. The Bertz CT molecular complexity index is 307. The normalized spacial score (nSPS) is 15.0. The average Bonchev–Trinajstić information content (AvgIpc) is 2.41. The number of allylic oxidation sites excluding steroid dienone is 1. The third-order valence-corrected chi connectivity index (χ3v) is 8.88. The molecule has 0 bridgehead atoms. The minimum atomic E-state index is -1.77. The molecule has 20 heavy (non-hydrogen) atoms. The summed E-state index contributed by atoms with van der Waals surface area (Å²) in [6.45, 7) is 15.1. The van der Waals surface area contributed by atoms with Crippen LogP contribution in [0.5, 0.6) is 0 Å². The summed E-state index contributed by atoms with van der Waals surface area (Å²) in [7, 11) is -1.77. The topological polar surface area (TPSA) is 26.3 Å². The van der Waals surface area contributed by atoms with Crippen LogP contribution >= 0.6 is 0 Å². The Morgan fingerprint density at radius 2 is 1.65 bits per heavy atom. The Kier molecular flexibility index (Phi) is 8.60. The van der Waals surface area contributed by atoms with Gasteiger partial charge >= 0.3 is 0 Å². The van der Waals surface area contributed by atoms with E-state index < -0.39 is 13.9 Å². The van der Waals surface area contributed by atoms with Crippen molar-refractivity contribution in [3.63, 3.8) is 0 Å². The van der Waals surface area contributed by atoms with E-state index in [1.807, 2.05) is 0 Å². The predicted molar refractivity (Wildman–Crippen MR) is 90.6 cm³/mol. The largest absolute Gasteiger partial charge is 0.404 e. The van der Waals surface area contributed by atoms with Gasteiger partial charge in [-0.05, 0) is 44.3 Å². The lowest BCUT2D eigenvalue weighted by atomic mass is 9.90. The second-order valence-electron chi connectivity index (χ2n) is 6.61. The van der Waals surface area contributed by atoms with Crippen LogP contribution < -0.4 is 0 Å². The van der Waals surface area contributed by atoms with Gasteiger partial charge in [0.25, 0.3) is 0 Å². The Morgan fingerprint density at radius 3 is 1.95 bits per heavy atom. The third kappa shape index (κ3) is 5.92. The first-order valence-electron chi connectivity index (χ1n) is 8.08. The molecule has 1 atom stereocenters. The molecular weight excluding hydrogens is 264 g/mol. The number of hydrogen-bond donors (Lipinski definition) is 0. The molecule has 0 aliphatic rings. The van der Waals surface area contributed by atoms with Crippen LogP contribution in [0.4, 0.5) is 0 Å². The van der Waals surface area contributed by atoms with Crippen molar-refractivity contribution < 1.29 is 9.22 Å². The summed E-state index contributed by atoms with van der Waals surface area (Å²) in [6, 6.07) is 3.26. The fourth-order valence-electron chi connectivity index (χ4n) is 2.75. The molecule has 2 nitrogen and oxygen atoms in total. The van der Waals surface area contributed by atoms with Crippen molar-refractivity contribution in [3.05, 3.63) is 11.6 Å². The van der Waals surface area contributed by atoms with E-state index in [1.54, 1.807) is 0 Å². The van der Waals surface area contributed by atoms with Crippen molar-refractivity contribution in [1.29, 1.82) is 0 Å². The van der Waals surface area contributed by atoms with E-state index >= 15 is 0 Å². The predicted octanol–water partition coefficient (Wildman–Crippen LogP) is 5.35. The summed E-state index contributed by atoms with van der Waals surface area (Å²) >= 11 is 0. The van der Waals surface area contributed by atoms with E-state index in [0.717, 1.165) is 30.8 Å². The van der Waals surface area contributed by atoms with Crippen LogP contribution in [0.3, 0.4) is 0 Å². The molecule has 0 saturated carbocycles. The number of carbonyl (C=O) groups is 1. The van der Waals surface area contributed by atoms with Gasteiger partial charge in [0.05, 0.1) is 0 Å². The van der Waals surface area contributed by atoms with Gasteiger partial charge in [0.1, 0.15) is 5.60 Å². The van der Waals surface area contributed by atoms with Gasteiger partial charge < -0.3 is 9.22 Å². The second kappa shape index (κ2) is 8.78. The molecule has 0 aliphatic carbocycles. The van der Waals surface area contributed by atoms with Crippen LogP contribution in [0.15, 0.2) is 11.6 Å². The van der Waals surface area contributed by atoms with Crippen molar-refractivity contribution in [2.75, 3.05) is 0 Å². The highest BCUT2D eigenvalue weighted by atomic mass is 28.4. The van der Waals surface area contributed by atoms with Crippen molar-refractivity contribution in [2.24, 2.45) is 5.92 Å². The first kappa shape index (κ1) is 19.6. The molecule has 1 unspecified atom stereocenters. The quantitative estimate of drug-likeness (QED) is 0.309. The lowest BCUT2D eigenvalue weighted by molar-refractivity contribution is -0.123. The molecule has 0 rings (SSSR count). The summed E-state index contributed by atoms with van der Waals surface area (Å²) < 4.78 is 6.61. The number of rotatable bonds is 10. The molecule has 0 N–H and O–H groups in total. The van der Waals surface area contributed by atoms with E-state index in [1.165, 1.54) is 5.57 Å². The summed E-state index contributed by atoms with van der Waals surface area (Å²) in [5.74, 6) is 0.461. The van der Waals surface area contributed by atoms with Crippen molar-refractivity contribution in [3.8, 4) is 0 Å². The van der Waals surface area contributed by atoms with Crippen LogP contribution in [0, 0.1) is 5.92 Å². The molecule has 0 aromatic rings. The van der Waals surface area contributed by atoms with Gasteiger partial charge in [-0.15, -0.1) is 0 Å². The molecule has 0 aromatic carbocycles. The Hall–Kier alpha value is -0.413. The van der Waals surface area contributed by atoms with Gasteiger partial charge in [0.2, 0.25) is 0 Å². The first-order valence-corrected chi connectivity index (χ1v) is 10.6. The number of aldehydes is 1. The van der Waals surface area contributed by atoms with E-state index in [9.17, 15) is 4.79 Å². The fourth-order valence-corrected chi connectivity index (χ4v) is 5.76. The molecule has 118 valence electrons. The first-order chi connectivity index (χ1) is 9.28. The zero-order valence-electron chi connectivity index (χ0n) is 14.6. The number of hydrogen-bond acceptors (Lipinski definition) is 2. The Balaban J connectivity index is 5.37. The molecule has 0 aromatic heterocycles. The van der Waals surface area contributed by atoms with Gasteiger partial charge in [-0.1, -0.05) is 46.3 Å². The van der Waals surface area contributed by atoms with E-state index in [0.29, 0.717) is 12.3 Å². The minimum absolute atomic E-state index is 0.461. The number of carbonyl (C=O) groups excluding carboxylic acids is 1. The molecule has 0 fully saturated rings. The Morgan fingerprint density at radius 1 is 1.15 bits per heavy atom. The van der Waals surface area contributed by atoms with Gasteiger partial charge in [-0.3, -0.25) is 0 Å². The highest BCUT2D eigenvalue weighted by Gasteiger charge is 2.40. The van der Waals surface area contributed by atoms with Crippen molar-refractivity contribution >= 4 is 14.6 Å². The van der Waals surface area contributed by atoms with E-state index in [2.05, 4.69) is 54.5 Å². The second-order valence-corrected chi connectivity index (χ2v) is 11.3. The zero-order chi connectivity index (χ0) is 15.8. The monoisotopic (exact) mass is 298 g/mol. The fraction of sp³-hybridized carbons (Fsp3) is 0.824. The van der Waals surface area contributed by atoms with Gasteiger partial charge in [0.15, 0.2) is 14.6 Å². The lowest BCUT2D eigenvalue weighted by Gasteiger charge is -2.40. The maximum atomic E-state index is 11.9. The van der Waals surface area contributed by atoms with E-state index in [-0.39, 0.29) is 0 Å². The molecule has 3 heteroatoms. The molecule has 0 heterocycles. The summed E-state index contributed by atoms with van der Waals surface area (Å²) in [5, 5.41) is 0. The summed E-state index contributed by atoms with van der Waals surface area (Å²) in [4.78, 5) is 11.9. The standard InChI is InChI=1S/C17H34O2Si/c1-8-20(9-2,10-3)19-17(14-18,13-16(6)7)12-11-15(4)5/h11,14,16H,8-10,12-13H2,1-7H3. The van der Waals surface area contributed by atoms with Gasteiger partial charge in [-0.25, -0.2) is 0 Å². The highest BCUT2D eigenvalue weighted by Crippen LogP contribution is 2.33. The Labute approximate surface area is 127 Å². The van der Waals surface area contributed by atoms with Gasteiger partial charge in [-0.2, -0.15) is 0 Å². The molecule has 0 spiro atoms. The molecule has 0 radical (unpaired) electrons. The minimum Gasteiger partial charge on any atom is -0.404 e. The van der Waals surface area contributed by atoms with Crippen molar-refractivity contribution in [2.45, 2.75) is 85.0 Å². The van der Waals surface area contributed by atoms with Crippen LogP contribution in [0.1, 0.15) is 61.3 Å². The third-order valence-electron chi connectivity index (χ3n) is 4.18. The lowest BCUT2D eigenvalue weighted by Crippen LogP contribution is -2.49. The SMILES string of the molecule is CC[Si](CC)(CC)OC(C=O)(CC=C(C)C)CC(C)C. The van der Waals surface area contributed by atoms with E-state index in [4.69, 9.17) is 4.43 Å². The summed E-state index contributed by atoms with van der Waals surface area (Å²) in [5.41, 5.74) is 0.639. The van der Waals surface area contributed by atoms with Crippen LogP contribution in [0.25, 0.3) is 0 Å². The summed E-state index contributed by atoms with van der Waals surface area (Å²) in [6.07, 6.45) is 4.76. The zero-order valence-corrected chi connectivity index (χ0v) is 15.6. The maximum absolute atomic E-state index is 11.9. The van der Waals surface area contributed by atoms with Crippen LogP contribution in [-0.2, 0) is 9.22 Å². The maximum Gasteiger partial charge on any atom is 0.193 e. The molecule has 0 saturated heterocycles. The molecule has 0 aliphatic heterocycles. The van der Waals surface area contributed by atoms with Crippen LogP contribution in [0.2, 0.25) is 18.1 Å².